The minimum absolute atomic E-state index is 0.143. The SMILES string of the molecule is CC(=O)c1c(C)[nH]c(C(=O)O[C@@H](C)C(=O)Nc2ccc(F)cc2)c1C. The summed E-state index contributed by atoms with van der Waals surface area (Å²) in [5.74, 6) is -1.86. The van der Waals surface area contributed by atoms with Gasteiger partial charge in [0.25, 0.3) is 5.91 Å². The standard InChI is InChI=1S/C18H19FN2O4/c1-9-15(11(3)22)10(2)20-16(9)18(24)25-12(4)17(23)21-14-7-5-13(19)6-8-14/h5-8,12,20H,1-4H3,(H,21,23)/t12-/m0/s1. The van der Waals surface area contributed by atoms with E-state index < -0.39 is 23.8 Å². The number of aryl methyl sites for hydroxylation is 1. The zero-order valence-electron chi connectivity index (χ0n) is 14.4. The van der Waals surface area contributed by atoms with Crippen molar-refractivity contribution < 1.29 is 23.5 Å². The Morgan fingerprint density at radius 2 is 1.76 bits per heavy atom. The number of ether oxygens (including phenoxy) is 1. The monoisotopic (exact) mass is 346 g/mol. The van der Waals surface area contributed by atoms with Gasteiger partial charge in [-0.15, -0.1) is 0 Å². The first kappa shape index (κ1) is 18.4. The third-order valence-corrected chi connectivity index (χ3v) is 3.76. The summed E-state index contributed by atoms with van der Waals surface area (Å²) in [5.41, 5.74) is 2.03. The molecule has 0 aliphatic carbocycles. The smallest absolute Gasteiger partial charge is 0.355 e. The van der Waals surface area contributed by atoms with Crippen LogP contribution in [0.1, 0.15) is 46.0 Å². The summed E-state index contributed by atoms with van der Waals surface area (Å²) < 4.78 is 18.0. The van der Waals surface area contributed by atoms with Crippen LogP contribution in [0, 0.1) is 19.7 Å². The minimum atomic E-state index is -1.07. The van der Waals surface area contributed by atoms with Crippen molar-refractivity contribution in [2.45, 2.75) is 33.8 Å². The van der Waals surface area contributed by atoms with Gasteiger partial charge in [0.1, 0.15) is 11.5 Å². The van der Waals surface area contributed by atoms with E-state index >= 15 is 0 Å². The minimum Gasteiger partial charge on any atom is -0.448 e. The molecule has 0 aliphatic heterocycles. The number of halogens is 1. The Bertz CT molecular complexity index is 824. The van der Waals surface area contributed by atoms with Crippen LogP contribution in [0.5, 0.6) is 0 Å². The molecule has 1 aromatic carbocycles. The average molecular weight is 346 g/mol. The first-order chi connectivity index (χ1) is 11.7. The second-order valence-electron chi connectivity index (χ2n) is 5.72. The molecule has 0 saturated carbocycles. The summed E-state index contributed by atoms with van der Waals surface area (Å²) in [5, 5.41) is 2.53. The van der Waals surface area contributed by atoms with E-state index in [9.17, 15) is 18.8 Å². The number of carbonyl (C=O) groups is 3. The summed E-state index contributed by atoms with van der Waals surface area (Å²) >= 11 is 0. The van der Waals surface area contributed by atoms with Crippen LogP contribution >= 0.6 is 0 Å². The molecule has 25 heavy (non-hydrogen) atoms. The van der Waals surface area contributed by atoms with Crippen molar-refractivity contribution in [2.24, 2.45) is 0 Å². The number of amides is 1. The van der Waals surface area contributed by atoms with Gasteiger partial charge in [0.2, 0.25) is 0 Å². The Hall–Kier alpha value is -2.96. The Morgan fingerprint density at radius 1 is 1.16 bits per heavy atom. The summed E-state index contributed by atoms with van der Waals surface area (Å²) in [6.07, 6.45) is -1.07. The van der Waals surface area contributed by atoms with Crippen LogP contribution in [0.4, 0.5) is 10.1 Å². The van der Waals surface area contributed by atoms with Crippen molar-refractivity contribution in [3.8, 4) is 0 Å². The Balaban J connectivity index is 2.07. The molecule has 2 aromatic rings. The molecule has 0 bridgehead atoms. The fraction of sp³-hybridized carbons (Fsp3) is 0.278. The number of benzene rings is 1. The van der Waals surface area contributed by atoms with E-state index in [1.54, 1.807) is 13.8 Å². The van der Waals surface area contributed by atoms with Crippen LogP contribution in [0.3, 0.4) is 0 Å². The van der Waals surface area contributed by atoms with Crippen LogP contribution < -0.4 is 5.32 Å². The third-order valence-electron chi connectivity index (χ3n) is 3.76. The number of Topliss-reactive ketones (excluding diaryl/α,β-unsaturated/α-hetero) is 1. The number of esters is 1. The number of hydrogen-bond acceptors (Lipinski definition) is 4. The highest BCUT2D eigenvalue weighted by Crippen LogP contribution is 2.20. The number of carbonyl (C=O) groups excluding carboxylic acids is 3. The Kier molecular flexibility index (Phi) is 5.36. The van der Waals surface area contributed by atoms with Gasteiger partial charge in [-0.05, 0) is 57.5 Å². The van der Waals surface area contributed by atoms with E-state index in [2.05, 4.69) is 10.3 Å². The zero-order chi connectivity index (χ0) is 18.7. The maximum absolute atomic E-state index is 12.9. The summed E-state index contributed by atoms with van der Waals surface area (Å²) in [4.78, 5) is 38.8. The fourth-order valence-corrected chi connectivity index (χ4v) is 2.53. The molecule has 1 aromatic heterocycles. The van der Waals surface area contributed by atoms with Gasteiger partial charge in [-0.2, -0.15) is 0 Å². The molecule has 1 heterocycles. The first-order valence-corrected chi connectivity index (χ1v) is 7.68. The van der Waals surface area contributed by atoms with E-state index in [1.165, 1.54) is 38.1 Å². The Morgan fingerprint density at radius 3 is 2.28 bits per heavy atom. The molecule has 0 spiro atoms. The van der Waals surface area contributed by atoms with E-state index in [0.29, 0.717) is 22.5 Å². The van der Waals surface area contributed by atoms with Crippen LogP contribution in [0.2, 0.25) is 0 Å². The van der Waals surface area contributed by atoms with E-state index in [-0.39, 0.29) is 11.5 Å². The lowest BCUT2D eigenvalue weighted by Gasteiger charge is -2.13. The third kappa shape index (κ3) is 4.12. The quantitative estimate of drug-likeness (QED) is 0.643. The molecule has 132 valence electrons. The first-order valence-electron chi connectivity index (χ1n) is 7.68. The van der Waals surface area contributed by atoms with Gasteiger partial charge in [-0.1, -0.05) is 0 Å². The second kappa shape index (κ2) is 7.29. The van der Waals surface area contributed by atoms with Gasteiger partial charge < -0.3 is 15.0 Å². The van der Waals surface area contributed by atoms with Gasteiger partial charge in [0.15, 0.2) is 11.9 Å². The van der Waals surface area contributed by atoms with Crippen LogP contribution in [0.15, 0.2) is 24.3 Å². The zero-order valence-corrected chi connectivity index (χ0v) is 14.4. The molecule has 7 heteroatoms. The summed E-state index contributed by atoms with van der Waals surface area (Å²) in [6, 6.07) is 5.22. The van der Waals surface area contributed by atoms with Crippen molar-refractivity contribution in [1.29, 1.82) is 0 Å². The molecule has 0 fully saturated rings. The van der Waals surface area contributed by atoms with Gasteiger partial charge in [0, 0.05) is 16.9 Å². The highest BCUT2D eigenvalue weighted by Gasteiger charge is 2.24. The van der Waals surface area contributed by atoms with Crippen LogP contribution in [-0.2, 0) is 9.53 Å². The van der Waals surface area contributed by atoms with Crippen molar-refractivity contribution in [3.63, 3.8) is 0 Å². The highest BCUT2D eigenvalue weighted by molar-refractivity contribution is 6.02. The number of hydrogen-bond donors (Lipinski definition) is 2. The predicted molar refractivity (Wildman–Crippen MR) is 90.2 cm³/mol. The van der Waals surface area contributed by atoms with E-state index in [4.69, 9.17) is 4.74 Å². The number of anilines is 1. The molecule has 2 N–H and O–H groups in total. The van der Waals surface area contributed by atoms with Crippen LogP contribution in [0.25, 0.3) is 0 Å². The maximum Gasteiger partial charge on any atom is 0.355 e. The molecule has 1 amide bonds. The van der Waals surface area contributed by atoms with E-state index in [0.717, 1.165) is 0 Å². The molecule has 0 radical (unpaired) electrons. The van der Waals surface area contributed by atoms with Gasteiger partial charge in [-0.3, -0.25) is 9.59 Å². The number of ketones is 1. The maximum atomic E-state index is 12.9. The molecule has 0 saturated heterocycles. The number of aromatic nitrogens is 1. The number of rotatable bonds is 5. The molecule has 2 rings (SSSR count). The second-order valence-corrected chi connectivity index (χ2v) is 5.72. The normalized spacial score (nSPS) is 11.7. The van der Waals surface area contributed by atoms with Gasteiger partial charge in [-0.25, -0.2) is 9.18 Å². The largest absolute Gasteiger partial charge is 0.448 e. The van der Waals surface area contributed by atoms with Crippen LogP contribution in [-0.4, -0.2) is 28.7 Å². The molecular weight excluding hydrogens is 327 g/mol. The van der Waals surface area contributed by atoms with Crippen molar-refractivity contribution >= 4 is 23.3 Å². The lowest BCUT2D eigenvalue weighted by atomic mass is 10.1. The van der Waals surface area contributed by atoms with Gasteiger partial charge in [0.05, 0.1) is 0 Å². The molecule has 1 atom stereocenters. The molecule has 0 aliphatic rings. The van der Waals surface area contributed by atoms with Crippen molar-refractivity contribution in [3.05, 3.63) is 52.6 Å². The molecule has 0 unspecified atom stereocenters. The average Bonchev–Trinajstić information content (AvgIpc) is 2.84. The summed E-state index contributed by atoms with van der Waals surface area (Å²) in [7, 11) is 0. The topological polar surface area (TPSA) is 88.3 Å². The molecule has 6 nitrogen and oxygen atoms in total. The highest BCUT2D eigenvalue weighted by atomic mass is 19.1. The molecular formula is C18H19FN2O4. The van der Waals surface area contributed by atoms with Gasteiger partial charge >= 0.3 is 5.97 Å². The number of nitrogens with one attached hydrogen (secondary N) is 2. The predicted octanol–water partition coefficient (Wildman–Crippen LogP) is 3.16. The number of H-pyrrole nitrogens is 1. The van der Waals surface area contributed by atoms with E-state index in [1.807, 2.05) is 0 Å². The lowest BCUT2D eigenvalue weighted by molar-refractivity contribution is -0.123. The Labute approximate surface area is 144 Å². The van der Waals surface area contributed by atoms with Crippen molar-refractivity contribution in [1.82, 2.24) is 4.98 Å². The number of aromatic amines is 1. The fourth-order valence-electron chi connectivity index (χ4n) is 2.53. The lowest BCUT2D eigenvalue weighted by Crippen LogP contribution is -2.30. The van der Waals surface area contributed by atoms with Crippen molar-refractivity contribution in [2.75, 3.05) is 5.32 Å². The summed E-state index contributed by atoms with van der Waals surface area (Å²) in [6.45, 7) is 6.16.